The fourth-order valence-electron chi connectivity index (χ4n) is 6.06. The lowest BCUT2D eigenvalue weighted by molar-refractivity contribution is -0.237. The number of esters is 8. The van der Waals surface area contributed by atoms with Crippen LogP contribution in [0.5, 0.6) is 0 Å². The highest BCUT2D eigenvalue weighted by Gasteiger charge is 2.54. The zero-order valence-electron chi connectivity index (χ0n) is 33.5. The van der Waals surface area contributed by atoms with Gasteiger partial charge in [0.15, 0.2) is 36.6 Å². The van der Waals surface area contributed by atoms with Crippen LogP contribution in [0.15, 0.2) is 0 Å². The molecule has 0 amide bonds. The van der Waals surface area contributed by atoms with E-state index in [1.54, 1.807) is 0 Å². The molecule has 328 valence electrons. The van der Waals surface area contributed by atoms with Crippen molar-refractivity contribution in [3.05, 3.63) is 0 Å². The van der Waals surface area contributed by atoms with Crippen LogP contribution in [0, 0.1) is 0 Å². The number of carbonyl (C=O) groups is 9. The zero-order valence-corrected chi connectivity index (χ0v) is 35.2. The summed E-state index contributed by atoms with van der Waals surface area (Å²) in [6.07, 6.45) is -9.24. The number of aliphatic carboxylic acids is 1. The van der Waals surface area contributed by atoms with E-state index in [2.05, 4.69) is 0 Å². The molecule has 2 saturated heterocycles. The first-order valence-corrected chi connectivity index (χ1v) is 20.3. The van der Waals surface area contributed by atoms with Crippen molar-refractivity contribution in [1.29, 1.82) is 0 Å². The van der Waals surface area contributed by atoms with Crippen molar-refractivity contribution in [2.75, 3.05) is 19.0 Å². The molecule has 2 aliphatic heterocycles. The molecule has 0 saturated carbocycles. The first-order chi connectivity index (χ1) is 27.2. The van der Waals surface area contributed by atoms with Crippen molar-refractivity contribution >= 4 is 77.2 Å². The Hall–Kier alpha value is -4.15. The third-order valence-corrected chi connectivity index (χ3v) is 10.8. The Labute approximate surface area is 343 Å². The first kappa shape index (κ1) is 50.0. The van der Waals surface area contributed by atoms with Crippen molar-refractivity contribution < 1.29 is 95.6 Å². The van der Waals surface area contributed by atoms with E-state index < -0.39 is 132 Å². The molecule has 22 heteroatoms. The van der Waals surface area contributed by atoms with Crippen LogP contribution in [0.4, 0.5) is 0 Å². The molecule has 0 aromatic heterocycles. The standard InChI is InChI=1S/C36H52O20S2/c1-17(37)47-15-26-29(49-19(3)39)31(51-21(5)41)33(53-23(7)43)35(55-26)57-14-13-25(11-9-10-12-28(45)46)58-36-34(54-24(8)44)32(52-22(6)42)30(50-20(4)40)27(56-36)16-48-18(2)38/h25-27,29-36H,9-16H2,1-8H3,(H,45,46)/t25?,26-,27-,29+,30+,31?,32?,33-,34-,35+,36+/m1/s1. The van der Waals surface area contributed by atoms with E-state index in [4.69, 9.17) is 47.4 Å². The molecule has 58 heavy (non-hydrogen) atoms. The second kappa shape index (κ2) is 24.7. The van der Waals surface area contributed by atoms with Gasteiger partial charge in [0, 0.05) is 67.1 Å². The average molecular weight is 869 g/mol. The molecule has 2 fully saturated rings. The highest BCUT2D eigenvalue weighted by molar-refractivity contribution is 8.01. The summed E-state index contributed by atoms with van der Waals surface area (Å²) < 4.78 is 56.0. The largest absolute Gasteiger partial charge is 0.481 e. The number of carboxylic acid groups (broad SMARTS) is 1. The van der Waals surface area contributed by atoms with E-state index in [-0.39, 0.29) is 12.2 Å². The molecule has 2 heterocycles. The molecule has 0 aromatic carbocycles. The summed E-state index contributed by atoms with van der Waals surface area (Å²) in [7, 11) is 0. The van der Waals surface area contributed by atoms with Crippen LogP contribution in [-0.4, -0.2) is 143 Å². The second-order valence-corrected chi connectivity index (χ2v) is 15.8. The monoisotopic (exact) mass is 868 g/mol. The maximum Gasteiger partial charge on any atom is 0.303 e. The van der Waals surface area contributed by atoms with E-state index in [1.165, 1.54) is 0 Å². The molecular formula is C36H52O20S2. The van der Waals surface area contributed by atoms with Crippen LogP contribution >= 0.6 is 23.5 Å². The van der Waals surface area contributed by atoms with Gasteiger partial charge in [-0.3, -0.25) is 43.2 Å². The number of hydrogen-bond donors (Lipinski definition) is 1. The molecule has 11 atom stereocenters. The number of ether oxygens (including phenoxy) is 10. The summed E-state index contributed by atoms with van der Waals surface area (Å²) >= 11 is 2.27. The van der Waals surface area contributed by atoms with Gasteiger partial charge in [-0.15, -0.1) is 23.5 Å². The molecule has 2 aliphatic rings. The molecule has 0 radical (unpaired) electrons. The minimum absolute atomic E-state index is 0.115. The molecule has 0 bridgehead atoms. The molecule has 20 nitrogen and oxygen atoms in total. The van der Waals surface area contributed by atoms with Gasteiger partial charge in [-0.25, -0.2) is 0 Å². The van der Waals surface area contributed by atoms with Gasteiger partial charge in [-0.2, -0.15) is 0 Å². The predicted octanol–water partition coefficient (Wildman–Crippen LogP) is 2.02. The summed E-state index contributed by atoms with van der Waals surface area (Å²) in [6.45, 7) is 8.11. The highest BCUT2D eigenvalue weighted by atomic mass is 32.2. The SMILES string of the molecule is CC(=O)OC[C@H]1O[C@@H](SCCC(CCCCC(=O)O)S[C@@H]2O[C@H](COC(C)=O)[C@H](OC(C)=O)C(OC(C)=O)[C@H]2OC(C)=O)[C@H](OC(C)=O)C(OC(C)=O)[C@H]1OC(C)=O. The molecule has 1 N–H and O–H groups in total. The average Bonchev–Trinajstić information content (AvgIpc) is 3.08. The Bertz CT molecular complexity index is 1470. The van der Waals surface area contributed by atoms with Gasteiger partial charge in [0.2, 0.25) is 0 Å². The van der Waals surface area contributed by atoms with E-state index in [0.29, 0.717) is 25.7 Å². The van der Waals surface area contributed by atoms with Crippen molar-refractivity contribution in [2.24, 2.45) is 0 Å². The Morgan fingerprint density at radius 3 is 1.28 bits per heavy atom. The first-order valence-electron chi connectivity index (χ1n) is 18.3. The summed E-state index contributed by atoms with van der Waals surface area (Å²) in [5.41, 5.74) is -2.20. The van der Waals surface area contributed by atoms with Crippen LogP contribution in [0.25, 0.3) is 0 Å². The third kappa shape index (κ3) is 17.8. The normalized spacial score (nSPS) is 27.1. The van der Waals surface area contributed by atoms with Crippen LogP contribution in [0.1, 0.15) is 87.5 Å². The number of thioether (sulfide) groups is 2. The van der Waals surface area contributed by atoms with E-state index in [0.717, 1.165) is 78.9 Å². The minimum Gasteiger partial charge on any atom is -0.481 e. The third-order valence-electron chi connectivity index (χ3n) is 8.11. The van der Waals surface area contributed by atoms with Gasteiger partial charge in [0.05, 0.1) is 0 Å². The summed E-state index contributed by atoms with van der Waals surface area (Å²) in [5, 5.41) is 8.82. The lowest BCUT2D eigenvalue weighted by Crippen LogP contribution is -2.61. The smallest absolute Gasteiger partial charge is 0.303 e. The lowest BCUT2D eigenvalue weighted by atomic mass is 9.99. The Balaban J connectivity index is 2.52. The molecule has 0 spiro atoms. The molecule has 0 aromatic rings. The van der Waals surface area contributed by atoms with E-state index >= 15 is 0 Å². The maximum atomic E-state index is 12.4. The van der Waals surface area contributed by atoms with Gasteiger partial charge >= 0.3 is 53.7 Å². The van der Waals surface area contributed by atoms with Crippen molar-refractivity contribution in [2.45, 2.75) is 152 Å². The Kier molecular flexibility index (Phi) is 21.3. The van der Waals surface area contributed by atoms with Crippen LogP contribution in [0.3, 0.4) is 0 Å². The summed E-state index contributed by atoms with van der Waals surface area (Å²) in [4.78, 5) is 108. The fourth-order valence-corrected chi connectivity index (χ4v) is 8.99. The number of hydrogen-bond acceptors (Lipinski definition) is 21. The molecule has 3 unspecified atom stereocenters. The predicted molar refractivity (Wildman–Crippen MR) is 198 cm³/mol. The quantitative estimate of drug-likeness (QED) is 0.0982. The van der Waals surface area contributed by atoms with Crippen LogP contribution in [0.2, 0.25) is 0 Å². The molecular weight excluding hydrogens is 817 g/mol. The number of carboxylic acids is 1. The minimum atomic E-state index is -1.41. The summed E-state index contributed by atoms with van der Waals surface area (Å²) in [6, 6.07) is 0. The van der Waals surface area contributed by atoms with Crippen LogP contribution < -0.4 is 0 Å². The van der Waals surface area contributed by atoms with Crippen molar-refractivity contribution in [3.63, 3.8) is 0 Å². The molecule has 2 rings (SSSR count). The maximum absolute atomic E-state index is 12.4. The van der Waals surface area contributed by atoms with Crippen molar-refractivity contribution in [1.82, 2.24) is 0 Å². The Morgan fingerprint density at radius 2 is 0.879 bits per heavy atom. The second-order valence-electron chi connectivity index (χ2n) is 13.2. The van der Waals surface area contributed by atoms with Gasteiger partial charge in [-0.05, 0) is 25.0 Å². The van der Waals surface area contributed by atoms with Crippen LogP contribution in [-0.2, 0) is 90.5 Å². The van der Waals surface area contributed by atoms with Gasteiger partial charge < -0.3 is 52.5 Å². The topological polar surface area (TPSA) is 266 Å². The fraction of sp³-hybridized carbons (Fsp3) is 0.750. The van der Waals surface area contributed by atoms with E-state index in [1.807, 2.05) is 0 Å². The summed E-state index contributed by atoms with van der Waals surface area (Å²) in [5.74, 6) is -6.86. The van der Waals surface area contributed by atoms with Gasteiger partial charge in [0.1, 0.15) is 36.3 Å². The Morgan fingerprint density at radius 1 is 0.500 bits per heavy atom. The van der Waals surface area contributed by atoms with Gasteiger partial charge in [-0.1, -0.05) is 6.42 Å². The highest BCUT2D eigenvalue weighted by Crippen LogP contribution is 2.40. The number of carbonyl (C=O) groups excluding carboxylic acids is 8. The van der Waals surface area contributed by atoms with Gasteiger partial charge in [0.25, 0.3) is 0 Å². The number of rotatable bonds is 21. The lowest BCUT2D eigenvalue weighted by Gasteiger charge is -2.45. The zero-order chi connectivity index (χ0) is 43.7. The molecule has 0 aliphatic carbocycles. The number of unbranched alkanes of at least 4 members (excludes halogenated alkanes) is 1. The van der Waals surface area contributed by atoms with E-state index in [9.17, 15) is 48.3 Å². The van der Waals surface area contributed by atoms with Crippen molar-refractivity contribution in [3.8, 4) is 0 Å².